The highest BCUT2D eigenvalue weighted by Gasteiger charge is 2.57. The predicted molar refractivity (Wildman–Crippen MR) is 72.7 cm³/mol. The minimum atomic E-state index is -0.413. The van der Waals surface area contributed by atoms with Crippen LogP contribution in [0.25, 0.3) is 0 Å². The molecule has 0 aromatic heterocycles. The molecule has 0 spiro atoms. The van der Waals surface area contributed by atoms with E-state index in [4.69, 9.17) is 9.99 Å². The van der Waals surface area contributed by atoms with E-state index in [2.05, 4.69) is 25.3 Å². The maximum atomic E-state index is 10.5. The number of hydrogen-bond donors (Lipinski definition) is 2. The van der Waals surface area contributed by atoms with Crippen molar-refractivity contribution in [1.29, 1.82) is 0 Å². The van der Waals surface area contributed by atoms with Crippen molar-refractivity contribution in [3.8, 4) is 0 Å². The number of hydrogen-bond acceptors (Lipinski definition) is 4. The molecule has 0 radical (unpaired) electrons. The summed E-state index contributed by atoms with van der Waals surface area (Å²) in [7, 11) is 0. The largest absolute Gasteiger partial charge is 0.390 e. The third kappa shape index (κ3) is 3.02. The Labute approximate surface area is 115 Å². The van der Waals surface area contributed by atoms with E-state index in [1.165, 1.54) is 0 Å². The molecule has 110 valence electrons. The Kier molecular flexibility index (Phi) is 4.35. The molecule has 2 N–H and O–H groups in total. The molecule has 2 aliphatic rings. The quantitative estimate of drug-likeness (QED) is 0.350. The zero-order chi connectivity index (χ0) is 14.2. The molecule has 1 heterocycles. The lowest BCUT2D eigenvalue weighted by atomic mass is 9.79. The second kappa shape index (κ2) is 5.52. The van der Waals surface area contributed by atoms with Gasteiger partial charge in [-0.15, -0.1) is 0 Å². The first kappa shape index (κ1) is 15.0. The van der Waals surface area contributed by atoms with Crippen LogP contribution in [0.5, 0.6) is 0 Å². The van der Waals surface area contributed by atoms with Crippen molar-refractivity contribution in [3.63, 3.8) is 0 Å². The van der Waals surface area contributed by atoms with Crippen molar-refractivity contribution in [2.45, 2.75) is 70.4 Å². The van der Waals surface area contributed by atoms with Crippen LogP contribution in [0.3, 0.4) is 0 Å². The first-order chi connectivity index (χ1) is 8.89. The molecule has 0 unspecified atom stereocenters. The molecule has 1 aliphatic carbocycles. The summed E-state index contributed by atoms with van der Waals surface area (Å²) < 4.78 is 5.74. The molecule has 1 aliphatic heterocycles. The molecule has 1 saturated heterocycles. The maximum Gasteiger partial charge on any atom is 0.114 e. The van der Waals surface area contributed by atoms with E-state index in [-0.39, 0.29) is 23.7 Å². The SMILES string of the molecule is C=C1CC[C@@H](C(C)C)[C@@H](O)[C@H]2O[C@@]2(C)CC[C@H]1OO. The zero-order valence-corrected chi connectivity index (χ0v) is 12.1. The van der Waals surface area contributed by atoms with Gasteiger partial charge < -0.3 is 9.84 Å². The van der Waals surface area contributed by atoms with Gasteiger partial charge in [0.15, 0.2) is 0 Å². The van der Waals surface area contributed by atoms with E-state index in [0.29, 0.717) is 12.3 Å². The van der Waals surface area contributed by atoms with Crippen LogP contribution in [0, 0.1) is 11.8 Å². The second-order valence-electron chi connectivity index (χ2n) is 6.58. The molecule has 0 amide bonds. The van der Waals surface area contributed by atoms with Crippen LogP contribution in [0.4, 0.5) is 0 Å². The molecule has 19 heavy (non-hydrogen) atoms. The summed E-state index contributed by atoms with van der Waals surface area (Å²) in [6, 6.07) is 0. The van der Waals surface area contributed by atoms with Crippen LogP contribution in [0.1, 0.15) is 46.5 Å². The van der Waals surface area contributed by atoms with E-state index in [1.807, 2.05) is 6.92 Å². The predicted octanol–water partition coefficient (Wildman–Crippen LogP) is 2.77. The van der Waals surface area contributed by atoms with Gasteiger partial charge in [0, 0.05) is 0 Å². The van der Waals surface area contributed by atoms with Gasteiger partial charge in [0.25, 0.3) is 0 Å². The summed E-state index contributed by atoms with van der Waals surface area (Å²) in [5.41, 5.74) is 0.629. The monoisotopic (exact) mass is 270 g/mol. The van der Waals surface area contributed by atoms with Gasteiger partial charge in [-0.3, -0.25) is 5.26 Å². The van der Waals surface area contributed by atoms with Crippen LogP contribution in [-0.4, -0.2) is 34.3 Å². The minimum Gasteiger partial charge on any atom is -0.390 e. The average Bonchev–Trinajstić information content (AvgIpc) is 3.01. The first-order valence-corrected chi connectivity index (χ1v) is 7.23. The highest BCUT2D eigenvalue weighted by atomic mass is 17.1. The molecule has 2 fully saturated rings. The average molecular weight is 270 g/mol. The number of fused-ring (bicyclic) bond motifs is 1. The Balaban J connectivity index is 2.14. The Bertz CT molecular complexity index is 341. The van der Waals surface area contributed by atoms with Crippen molar-refractivity contribution in [3.05, 3.63) is 12.2 Å². The lowest BCUT2D eigenvalue weighted by Gasteiger charge is -2.29. The fraction of sp³-hybridized carbons (Fsp3) is 0.867. The van der Waals surface area contributed by atoms with Gasteiger partial charge in [0.1, 0.15) is 12.2 Å². The van der Waals surface area contributed by atoms with E-state index >= 15 is 0 Å². The molecular formula is C15H26O4. The molecule has 4 nitrogen and oxygen atoms in total. The van der Waals surface area contributed by atoms with Crippen molar-refractivity contribution < 1.29 is 20.0 Å². The van der Waals surface area contributed by atoms with Crippen molar-refractivity contribution in [1.82, 2.24) is 0 Å². The van der Waals surface area contributed by atoms with Crippen molar-refractivity contribution in [2.24, 2.45) is 11.8 Å². The Morgan fingerprint density at radius 2 is 2.11 bits per heavy atom. The maximum absolute atomic E-state index is 10.5. The lowest BCUT2D eigenvalue weighted by Crippen LogP contribution is -2.35. The van der Waals surface area contributed by atoms with Crippen molar-refractivity contribution in [2.75, 3.05) is 0 Å². The van der Waals surface area contributed by atoms with E-state index in [1.54, 1.807) is 0 Å². The Morgan fingerprint density at radius 1 is 1.42 bits per heavy atom. The van der Waals surface area contributed by atoms with Gasteiger partial charge in [-0.2, -0.15) is 0 Å². The smallest absolute Gasteiger partial charge is 0.114 e. The summed E-state index contributed by atoms with van der Waals surface area (Å²) in [6.07, 6.45) is 2.27. The van der Waals surface area contributed by atoms with Gasteiger partial charge in [-0.05, 0) is 50.0 Å². The van der Waals surface area contributed by atoms with E-state index in [0.717, 1.165) is 24.8 Å². The second-order valence-corrected chi connectivity index (χ2v) is 6.58. The van der Waals surface area contributed by atoms with Gasteiger partial charge in [0.05, 0.1) is 11.7 Å². The first-order valence-electron chi connectivity index (χ1n) is 7.23. The summed E-state index contributed by atoms with van der Waals surface area (Å²) in [4.78, 5) is 4.55. The molecule has 2 rings (SSSR count). The van der Waals surface area contributed by atoms with Crippen LogP contribution in [-0.2, 0) is 9.62 Å². The van der Waals surface area contributed by atoms with Gasteiger partial charge >= 0.3 is 0 Å². The van der Waals surface area contributed by atoms with E-state index < -0.39 is 6.10 Å². The van der Waals surface area contributed by atoms with Crippen molar-refractivity contribution >= 4 is 0 Å². The molecular weight excluding hydrogens is 244 g/mol. The van der Waals surface area contributed by atoms with Gasteiger partial charge in [-0.25, -0.2) is 4.89 Å². The van der Waals surface area contributed by atoms with Crippen LogP contribution < -0.4 is 0 Å². The fourth-order valence-electron chi connectivity index (χ4n) is 3.27. The highest BCUT2D eigenvalue weighted by molar-refractivity contribution is 5.10. The molecule has 5 atom stereocenters. The van der Waals surface area contributed by atoms with E-state index in [9.17, 15) is 5.11 Å². The number of aliphatic hydroxyl groups excluding tert-OH is 1. The number of ether oxygens (including phenoxy) is 1. The topological polar surface area (TPSA) is 62.2 Å². The Hall–Kier alpha value is -0.420. The third-order valence-corrected chi connectivity index (χ3v) is 4.83. The zero-order valence-electron chi connectivity index (χ0n) is 12.1. The number of epoxide rings is 1. The molecule has 0 bridgehead atoms. The Morgan fingerprint density at radius 3 is 2.68 bits per heavy atom. The lowest BCUT2D eigenvalue weighted by molar-refractivity contribution is -0.270. The normalized spacial score (nSPS) is 44.0. The van der Waals surface area contributed by atoms with Crippen LogP contribution in [0.15, 0.2) is 12.2 Å². The van der Waals surface area contributed by atoms with Gasteiger partial charge in [-0.1, -0.05) is 20.4 Å². The summed E-state index contributed by atoms with van der Waals surface area (Å²) >= 11 is 0. The third-order valence-electron chi connectivity index (χ3n) is 4.83. The van der Waals surface area contributed by atoms with Crippen LogP contribution >= 0.6 is 0 Å². The molecule has 4 heteroatoms. The minimum absolute atomic E-state index is 0.0781. The molecule has 0 aromatic carbocycles. The van der Waals surface area contributed by atoms with Gasteiger partial charge in [0.2, 0.25) is 0 Å². The molecule has 1 saturated carbocycles. The summed E-state index contributed by atoms with van der Waals surface area (Å²) in [6.45, 7) is 10.3. The van der Waals surface area contributed by atoms with Crippen LogP contribution in [0.2, 0.25) is 0 Å². The highest BCUT2D eigenvalue weighted by Crippen LogP contribution is 2.47. The summed E-state index contributed by atoms with van der Waals surface area (Å²) in [5, 5.41) is 19.5. The fourth-order valence-corrected chi connectivity index (χ4v) is 3.27. The number of rotatable bonds is 2. The standard InChI is InChI=1S/C15H26O4/c1-9(2)11-6-5-10(3)12(19-17)7-8-15(4)14(18-15)13(11)16/h9,11-14,16-17H,3,5-8H2,1-2,4H3/t11-,12+,13+,14+,15-/m0/s1. The molecule has 0 aromatic rings. The number of aliphatic hydroxyl groups is 1. The summed E-state index contributed by atoms with van der Waals surface area (Å²) in [5.74, 6) is 0.588.